The average molecular weight is 468 g/mol. The predicted octanol–water partition coefficient (Wildman–Crippen LogP) is 5.27. The average Bonchev–Trinajstić information content (AvgIpc) is 3.44. The van der Waals surface area contributed by atoms with E-state index < -0.39 is 0 Å². The van der Waals surface area contributed by atoms with Gasteiger partial charge in [0.05, 0.1) is 30.0 Å². The number of ether oxygens (including phenoxy) is 1. The van der Waals surface area contributed by atoms with E-state index in [4.69, 9.17) is 15.0 Å². The summed E-state index contributed by atoms with van der Waals surface area (Å²) in [4.78, 5) is 19.7. The fraction of sp³-hybridized carbons (Fsp3) is 0.227. The Morgan fingerprint density at radius 2 is 2.00 bits per heavy atom. The van der Waals surface area contributed by atoms with E-state index in [-0.39, 0.29) is 12.0 Å². The van der Waals surface area contributed by atoms with Crippen molar-refractivity contribution in [2.24, 2.45) is 0 Å². The number of nitrogens with zero attached hydrogens (tertiary/aromatic N) is 3. The van der Waals surface area contributed by atoms with Crippen LogP contribution in [-0.2, 0) is 4.74 Å². The number of amides is 1. The van der Waals surface area contributed by atoms with Crippen LogP contribution >= 0.6 is 27.3 Å². The zero-order chi connectivity index (χ0) is 20.2. The van der Waals surface area contributed by atoms with Gasteiger partial charge in [-0.2, -0.15) is 5.26 Å². The van der Waals surface area contributed by atoms with Gasteiger partial charge < -0.3 is 4.74 Å². The molecule has 7 heteroatoms. The van der Waals surface area contributed by atoms with Crippen molar-refractivity contribution in [1.29, 1.82) is 5.26 Å². The highest BCUT2D eigenvalue weighted by atomic mass is 79.9. The minimum atomic E-state index is -0.137. The van der Waals surface area contributed by atoms with E-state index >= 15 is 0 Å². The van der Waals surface area contributed by atoms with Gasteiger partial charge in [0.1, 0.15) is 0 Å². The number of nitriles is 1. The predicted molar refractivity (Wildman–Crippen MR) is 117 cm³/mol. The van der Waals surface area contributed by atoms with E-state index in [2.05, 4.69) is 22.0 Å². The van der Waals surface area contributed by atoms with Gasteiger partial charge in [-0.1, -0.05) is 28.1 Å². The number of rotatable bonds is 5. The van der Waals surface area contributed by atoms with Crippen molar-refractivity contribution in [2.75, 3.05) is 18.1 Å². The molecule has 0 N–H and O–H groups in total. The molecule has 3 aromatic rings. The summed E-state index contributed by atoms with van der Waals surface area (Å²) in [6.07, 6.45) is 1.95. The Hall–Kier alpha value is -2.53. The second-order valence-corrected chi connectivity index (χ2v) is 8.51. The van der Waals surface area contributed by atoms with Gasteiger partial charge in [-0.05, 0) is 49.2 Å². The summed E-state index contributed by atoms with van der Waals surface area (Å²) >= 11 is 4.89. The number of hydrogen-bond donors (Lipinski definition) is 0. The third kappa shape index (κ3) is 4.56. The normalized spacial score (nSPS) is 15.8. The second-order valence-electron chi connectivity index (χ2n) is 6.76. The molecule has 1 amide bonds. The first-order valence-electron chi connectivity index (χ1n) is 9.29. The van der Waals surface area contributed by atoms with E-state index in [0.29, 0.717) is 22.8 Å². The Morgan fingerprint density at radius 3 is 2.66 bits per heavy atom. The molecule has 1 saturated heterocycles. The third-order valence-corrected chi connectivity index (χ3v) is 6.17. The van der Waals surface area contributed by atoms with Gasteiger partial charge in [0.15, 0.2) is 5.13 Å². The summed E-state index contributed by atoms with van der Waals surface area (Å²) < 4.78 is 6.77. The lowest BCUT2D eigenvalue weighted by Crippen LogP contribution is -2.37. The van der Waals surface area contributed by atoms with E-state index in [0.717, 1.165) is 35.2 Å². The molecule has 0 aliphatic carbocycles. The SMILES string of the molecule is N#Cc1ccc(C(=O)N(C[C@@H]2CCCO2)c2nc(-c3ccc(Br)cc3)cs2)cc1. The molecule has 1 aromatic heterocycles. The highest BCUT2D eigenvalue weighted by Gasteiger charge is 2.27. The largest absolute Gasteiger partial charge is 0.376 e. The van der Waals surface area contributed by atoms with Crippen LogP contribution in [0.25, 0.3) is 11.3 Å². The van der Waals surface area contributed by atoms with E-state index in [1.807, 2.05) is 29.6 Å². The van der Waals surface area contributed by atoms with Gasteiger partial charge in [0, 0.05) is 27.6 Å². The summed E-state index contributed by atoms with van der Waals surface area (Å²) in [5.41, 5.74) is 2.89. The smallest absolute Gasteiger partial charge is 0.260 e. The Labute approximate surface area is 181 Å². The van der Waals surface area contributed by atoms with Crippen molar-refractivity contribution in [3.63, 3.8) is 0 Å². The molecule has 1 aliphatic rings. The molecule has 0 unspecified atom stereocenters. The van der Waals surface area contributed by atoms with Crippen molar-refractivity contribution in [2.45, 2.75) is 18.9 Å². The Bertz CT molecular complexity index is 1040. The van der Waals surface area contributed by atoms with Crippen LogP contribution in [0.3, 0.4) is 0 Å². The summed E-state index contributed by atoms with van der Waals surface area (Å²) in [7, 11) is 0. The fourth-order valence-corrected chi connectivity index (χ4v) is 4.33. The minimum Gasteiger partial charge on any atom is -0.376 e. The lowest BCUT2D eigenvalue weighted by molar-refractivity contribution is 0.0917. The first-order chi connectivity index (χ1) is 14.1. The van der Waals surface area contributed by atoms with Gasteiger partial charge in [-0.25, -0.2) is 4.98 Å². The van der Waals surface area contributed by atoms with Crippen molar-refractivity contribution >= 4 is 38.3 Å². The topological polar surface area (TPSA) is 66.2 Å². The molecule has 0 spiro atoms. The number of carbonyl (C=O) groups is 1. The Balaban J connectivity index is 1.63. The van der Waals surface area contributed by atoms with Crippen molar-refractivity contribution in [3.05, 3.63) is 69.5 Å². The van der Waals surface area contributed by atoms with Crippen LogP contribution in [-0.4, -0.2) is 30.1 Å². The number of hydrogen-bond acceptors (Lipinski definition) is 5. The van der Waals surface area contributed by atoms with Gasteiger partial charge in [0.25, 0.3) is 5.91 Å². The molecule has 2 aromatic carbocycles. The number of anilines is 1. The highest BCUT2D eigenvalue weighted by molar-refractivity contribution is 9.10. The highest BCUT2D eigenvalue weighted by Crippen LogP contribution is 2.30. The summed E-state index contributed by atoms with van der Waals surface area (Å²) in [6, 6.07) is 16.7. The van der Waals surface area contributed by atoms with Crippen LogP contribution in [0.15, 0.2) is 58.4 Å². The van der Waals surface area contributed by atoms with Gasteiger partial charge >= 0.3 is 0 Å². The first-order valence-corrected chi connectivity index (χ1v) is 11.0. The minimum absolute atomic E-state index is 0.0114. The molecule has 0 radical (unpaired) electrons. The van der Waals surface area contributed by atoms with E-state index in [1.54, 1.807) is 29.2 Å². The number of halogens is 1. The van der Waals surface area contributed by atoms with Crippen LogP contribution in [0.2, 0.25) is 0 Å². The summed E-state index contributed by atoms with van der Waals surface area (Å²) in [5, 5.41) is 11.6. The van der Waals surface area contributed by atoms with Crippen LogP contribution in [0.5, 0.6) is 0 Å². The van der Waals surface area contributed by atoms with Crippen LogP contribution in [0.1, 0.15) is 28.8 Å². The zero-order valence-electron chi connectivity index (χ0n) is 15.5. The molecule has 5 nitrogen and oxygen atoms in total. The Morgan fingerprint density at radius 1 is 1.24 bits per heavy atom. The number of thiazole rings is 1. The van der Waals surface area contributed by atoms with E-state index in [1.165, 1.54) is 11.3 Å². The summed E-state index contributed by atoms with van der Waals surface area (Å²) in [5.74, 6) is -0.137. The maximum Gasteiger partial charge on any atom is 0.260 e. The summed E-state index contributed by atoms with van der Waals surface area (Å²) in [6.45, 7) is 1.19. The molecule has 29 heavy (non-hydrogen) atoms. The van der Waals surface area contributed by atoms with Crippen molar-refractivity contribution < 1.29 is 9.53 Å². The lowest BCUT2D eigenvalue weighted by atomic mass is 10.1. The quantitative estimate of drug-likeness (QED) is 0.512. The van der Waals surface area contributed by atoms with Gasteiger partial charge in [-0.3, -0.25) is 9.69 Å². The first kappa shape index (κ1) is 19.8. The molecule has 146 valence electrons. The second kappa shape index (κ2) is 8.87. The molecule has 0 saturated carbocycles. The zero-order valence-corrected chi connectivity index (χ0v) is 17.9. The number of carbonyl (C=O) groups excluding carboxylic acids is 1. The Kier molecular flexibility index (Phi) is 6.05. The molecule has 4 rings (SSSR count). The molecular weight excluding hydrogens is 450 g/mol. The van der Waals surface area contributed by atoms with Crippen LogP contribution in [0, 0.1) is 11.3 Å². The molecule has 1 fully saturated rings. The molecule has 2 heterocycles. The molecule has 0 bridgehead atoms. The lowest BCUT2D eigenvalue weighted by Gasteiger charge is -2.23. The van der Waals surface area contributed by atoms with Crippen LogP contribution < -0.4 is 4.90 Å². The van der Waals surface area contributed by atoms with Gasteiger partial charge in [0.2, 0.25) is 0 Å². The van der Waals surface area contributed by atoms with Crippen molar-refractivity contribution in [1.82, 2.24) is 4.98 Å². The molecule has 1 aliphatic heterocycles. The van der Waals surface area contributed by atoms with Crippen LogP contribution in [0.4, 0.5) is 5.13 Å². The van der Waals surface area contributed by atoms with Crippen molar-refractivity contribution in [3.8, 4) is 17.3 Å². The number of benzene rings is 2. The monoisotopic (exact) mass is 467 g/mol. The van der Waals surface area contributed by atoms with Gasteiger partial charge in [-0.15, -0.1) is 11.3 Å². The molecular formula is C22H18BrN3O2S. The number of aromatic nitrogens is 1. The third-order valence-electron chi connectivity index (χ3n) is 4.78. The standard InChI is InChI=1S/C22H18BrN3O2S/c23-18-9-7-16(8-10-18)20-14-29-22(25-20)26(13-19-2-1-11-28-19)21(27)17-5-3-15(12-24)4-6-17/h3-10,14,19H,1-2,11,13H2/t19-/m0/s1. The maximum absolute atomic E-state index is 13.3. The van der Waals surface area contributed by atoms with E-state index in [9.17, 15) is 4.79 Å². The maximum atomic E-state index is 13.3. The fourth-order valence-electron chi connectivity index (χ4n) is 3.22. The molecule has 1 atom stereocenters.